The number of amides is 1. The van der Waals surface area contributed by atoms with Gasteiger partial charge in [0.05, 0.1) is 12.7 Å². The number of rotatable bonds is 5. The monoisotopic (exact) mass is 423 g/mol. The Bertz CT molecular complexity index is 1010. The first-order valence-corrected chi connectivity index (χ1v) is 11.2. The molecule has 1 aromatic heterocycles. The zero-order chi connectivity index (χ0) is 21.1. The molecule has 0 radical (unpaired) electrons. The van der Waals surface area contributed by atoms with E-state index in [9.17, 15) is 14.9 Å². The van der Waals surface area contributed by atoms with Crippen molar-refractivity contribution >= 4 is 28.2 Å². The smallest absolute Gasteiger partial charge is 0.323 e. The fourth-order valence-electron chi connectivity index (χ4n) is 4.39. The molecule has 2 aliphatic rings. The molecule has 1 aromatic carbocycles. The van der Waals surface area contributed by atoms with E-state index < -0.39 is 0 Å². The third-order valence-corrected chi connectivity index (χ3v) is 7.19. The van der Waals surface area contributed by atoms with Crippen molar-refractivity contribution in [3.63, 3.8) is 0 Å². The molecule has 1 N–H and O–H groups in total. The van der Waals surface area contributed by atoms with Crippen LogP contribution in [-0.2, 0) is 40.1 Å². The first-order valence-electron chi connectivity index (χ1n) is 10.3. The molecule has 7 heteroatoms. The molecule has 1 amide bonds. The number of hydrogen-bond donors (Lipinski definition) is 1. The van der Waals surface area contributed by atoms with E-state index >= 15 is 0 Å². The molecule has 2 aromatic rings. The second-order valence-electron chi connectivity index (χ2n) is 7.81. The summed E-state index contributed by atoms with van der Waals surface area (Å²) in [6, 6.07) is 9.96. The number of nitriles is 1. The van der Waals surface area contributed by atoms with Crippen LogP contribution in [-0.4, -0.2) is 36.5 Å². The Kier molecular flexibility index (Phi) is 6.16. The van der Waals surface area contributed by atoms with E-state index in [0.29, 0.717) is 30.1 Å². The summed E-state index contributed by atoms with van der Waals surface area (Å²) in [6.07, 6.45) is 4.97. The van der Waals surface area contributed by atoms with E-state index in [0.717, 1.165) is 36.8 Å². The van der Waals surface area contributed by atoms with Crippen molar-refractivity contribution in [2.75, 3.05) is 19.0 Å². The topological polar surface area (TPSA) is 82.4 Å². The SMILES string of the molecule is COC(=O)[C@@H]1Cc2ccccc2CN1CCC(=O)Nc1sc2c(c1C#N)CCCC2. The van der Waals surface area contributed by atoms with Gasteiger partial charge in [-0.25, -0.2) is 0 Å². The summed E-state index contributed by atoms with van der Waals surface area (Å²) in [4.78, 5) is 28.2. The van der Waals surface area contributed by atoms with Crippen LogP contribution in [0.3, 0.4) is 0 Å². The lowest BCUT2D eigenvalue weighted by Gasteiger charge is -2.34. The van der Waals surface area contributed by atoms with Crippen LogP contribution in [0.2, 0.25) is 0 Å². The van der Waals surface area contributed by atoms with Gasteiger partial charge in [-0.1, -0.05) is 24.3 Å². The number of ether oxygens (including phenoxy) is 1. The predicted octanol–water partition coefficient (Wildman–Crippen LogP) is 3.43. The molecule has 1 aliphatic carbocycles. The quantitative estimate of drug-likeness (QED) is 0.745. The Labute approximate surface area is 180 Å². The van der Waals surface area contributed by atoms with Gasteiger partial charge >= 0.3 is 5.97 Å². The average Bonchev–Trinajstić information content (AvgIpc) is 3.13. The highest BCUT2D eigenvalue weighted by molar-refractivity contribution is 7.16. The maximum atomic E-state index is 12.7. The standard InChI is InChI=1S/C23H25N3O3S/c1-29-23(28)19-12-15-6-2-3-7-16(15)14-26(19)11-10-21(27)25-22-18(13-24)17-8-4-5-9-20(17)30-22/h2-3,6-7,19H,4-5,8-12,14H2,1H3,(H,25,27)/t19-/m0/s1. The number of thiophene rings is 1. The summed E-state index contributed by atoms with van der Waals surface area (Å²) >= 11 is 1.53. The number of fused-ring (bicyclic) bond motifs is 2. The number of anilines is 1. The van der Waals surface area contributed by atoms with E-state index in [-0.39, 0.29) is 24.3 Å². The lowest BCUT2D eigenvalue weighted by Crippen LogP contribution is -2.47. The van der Waals surface area contributed by atoms with Crippen LogP contribution in [0.25, 0.3) is 0 Å². The predicted molar refractivity (Wildman–Crippen MR) is 115 cm³/mol. The minimum atomic E-state index is -0.388. The highest BCUT2D eigenvalue weighted by atomic mass is 32.1. The number of nitrogens with one attached hydrogen (secondary N) is 1. The van der Waals surface area contributed by atoms with E-state index in [1.54, 1.807) is 0 Å². The molecule has 0 spiro atoms. The van der Waals surface area contributed by atoms with Gasteiger partial charge in [0.2, 0.25) is 5.91 Å². The number of hydrogen-bond acceptors (Lipinski definition) is 6. The van der Waals surface area contributed by atoms with Crippen molar-refractivity contribution in [3.05, 3.63) is 51.4 Å². The minimum Gasteiger partial charge on any atom is -0.468 e. The maximum absolute atomic E-state index is 12.7. The van der Waals surface area contributed by atoms with Gasteiger partial charge in [-0.05, 0) is 48.8 Å². The summed E-state index contributed by atoms with van der Waals surface area (Å²) < 4.78 is 5.00. The zero-order valence-corrected chi connectivity index (χ0v) is 17.9. The second-order valence-corrected chi connectivity index (χ2v) is 8.91. The van der Waals surface area contributed by atoms with Gasteiger partial charge in [0, 0.05) is 24.4 Å². The van der Waals surface area contributed by atoms with Gasteiger partial charge in [-0.3, -0.25) is 14.5 Å². The van der Waals surface area contributed by atoms with Gasteiger partial charge in [0.15, 0.2) is 0 Å². The largest absolute Gasteiger partial charge is 0.468 e. The number of aryl methyl sites for hydroxylation is 1. The first-order chi connectivity index (χ1) is 14.6. The summed E-state index contributed by atoms with van der Waals surface area (Å²) in [7, 11) is 1.40. The number of benzene rings is 1. The van der Waals surface area contributed by atoms with Crippen molar-refractivity contribution in [1.82, 2.24) is 4.90 Å². The van der Waals surface area contributed by atoms with Crippen LogP contribution in [0.15, 0.2) is 24.3 Å². The molecule has 0 unspecified atom stereocenters. The highest BCUT2D eigenvalue weighted by Crippen LogP contribution is 2.37. The second kappa shape index (κ2) is 8.99. The van der Waals surface area contributed by atoms with E-state index in [1.165, 1.54) is 28.9 Å². The van der Waals surface area contributed by atoms with Gasteiger partial charge in [0.25, 0.3) is 0 Å². The first kappa shape index (κ1) is 20.6. The molecular weight excluding hydrogens is 398 g/mol. The third kappa shape index (κ3) is 4.11. The normalized spacial score (nSPS) is 18.1. The molecular formula is C23H25N3O3S. The Hall–Kier alpha value is -2.69. The number of carbonyl (C=O) groups excluding carboxylic acids is 2. The Morgan fingerprint density at radius 2 is 2.03 bits per heavy atom. The van der Waals surface area contributed by atoms with Gasteiger partial charge in [-0.15, -0.1) is 11.3 Å². The van der Waals surface area contributed by atoms with Crippen molar-refractivity contribution in [1.29, 1.82) is 5.26 Å². The van der Waals surface area contributed by atoms with Crippen LogP contribution >= 0.6 is 11.3 Å². The number of methoxy groups -OCH3 is 1. The fraction of sp³-hybridized carbons (Fsp3) is 0.435. The molecule has 0 saturated heterocycles. The lowest BCUT2D eigenvalue weighted by atomic mass is 9.94. The number of nitrogens with zero attached hydrogens (tertiary/aromatic N) is 2. The van der Waals surface area contributed by atoms with Crippen LogP contribution in [0.4, 0.5) is 5.00 Å². The summed E-state index contributed by atoms with van der Waals surface area (Å²) in [6.45, 7) is 1.06. The molecule has 2 heterocycles. The lowest BCUT2D eigenvalue weighted by molar-refractivity contribution is -0.148. The van der Waals surface area contributed by atoms with Crippen molar-refractivity contribution in [3.8, 4) is 6.07 Å². The Morgan fingerprint density at radius 3 is 2.80 bits per heavy atom. The van der Waals surface area contributed by atoms with Crippen LogP contribution in [0, 0.1) is 11.3 Å². The molecule has 156 valence electrons. The summed E-state index contributed by atoms with van der Waals surface area (Å²) in [5.74, 6) is -0.407. The fourth-order valence-corrected chi connectivity index (χ4v) is 5.64. The highest BCUT2D eigenvalue weighted by Gasteiger charge is 2.32. The molecule has 30 heavy (non-hydrogen) atoms. The zero-order valence-electron chi connectivity index (χ0n) is 17.1. The van der Waals surface area contributed by atoms with E-state index in [4.69, 9.17) is 4.74 Å². The molecule has 6 nitrogen and oxygen atoms in total. The van der Waals surface area contributed by atoms with Crippen LogP contribution in [0.5, 0.6) is 0 Å². The minimum absolute atomic E-state index is 0.132. The van der Waals surface area contributed by atoms with E-state index in [2.05, 4.69) is 17.5 Å². The Balaban J connectivity index is 1.43. The van der Waals surface area contributed by atoms with Gasteiger partial charge < -0.3 is 10.1 Å². The van der Waals surface area contributed by atoms with Gasteiger partial charge in [0.1, 0.15) is 17.1 Å². The molecule has 4 rings (SSSR count). The van der Waals surface area contributed by atoms with Crippen LogP contribution < -0.4 is 5.32 Å². The van der Waals surface area contributed by atoms with Crippen LogP contribution in [0.1, 0.15) is 46.4 Å². The maximum Gasteiger partial charge on any atom is 0.323 e. The number of carbonyl (C=O) groups is 2. The van der Waals surface area contributed by atoms with Gasteiger partial charge in [-0.2, -0.15) is 5.26 Å². The molecule has 0 bridgehead atoms. The molecule has 0 fully saturated rings. The van der Waals surface area contributed by atoms with E-state index in [1.807, 2.05) is 23.1 Å². The van der Waals surface area contributed by atoms with Crippen molar-refractivity contribution < 1.29 is 14.3 Å². The Morgan fingerprint density at radius 1 is 1.27 bits per heavy atom. The average molecular weight is 424 g/mol. The molecule has 0 saturated carbocycles. The number of esters is 1. The summed E-state index contributed by atoms with van der Waals surface area (Å²) in [5.41, 5.74) is 4.07. The molecule has 1 aliphatic heterocycles. The third-order valence-electron chi connectivity index (χ3n) is 5.98. The van der Waals surface area contributed by atoms with Crippen molar-refractivity contribution in [2.24, 2.45) is 0 Å². The summed E-state index contributed by atoms with van der Waals surface area (Å²) in [5, 5.41) is 13.2. The molecule has 1 atom stereocenters. The van der Waals surface area contributed by atoms with Crippen molar-refractivity contribution in [2.45, 2.75) is 51.1 Å².